The van der Waals surface area contributed by atoms with E-state index in [9.17, 15) is 5.11 Å². The molecule has 7 heteroatoms. The van der Waals surface area contributed by atoms with E-state index in [1.54, 1.807) is 25.5 Å². The summed E-state index contributed by atoms with van der Waals surface area (Å²) in [5.41, 5.74) is 3.48. The summed E-state index contributed by atoms with van der Waals surface area (Å²) in [5.74, 6) is 0.478. The van der Waals surface area contributed by atoms with E-state index in [-0.39, 0.29) is 11.8 Å². The Bertz CT molecular complexity index is 480. The number of benzene rings is 1. The van der Waals surface area contributed by atoms with Gasteiger partial charge in [-0.1, -0.05) is 0 Å². The van der Waals surface area contributed by atoms with Crippen molar-refractivity contribution in [3.05, 3.63) is 23.8 Å². The fourth-order valence-corrected chi connectivity index (χ4v) is 1.74. The first-order valence-electron chi connectivity index (χ1n) is 6.02. The lowest BCUT2D eigenvalue weighted by atomic mass is 10.2. The van der Waals surface area contributed by atoms with E-state index in [0.717, 1.165) is 5.56 Å². The molecular formula is C13H19N3O3S. The quantitative estimate of drug-likeness (QED) is 0.417. The molecule has 0 aliphatic carbocycles. The molecule has 0 aromatic heterocycles. The van der Waals surface area contributed by atoms with Gasteiger partial charge in [-0.3, -0.25) is 5.43 Å². The average molecular weight is 297 g/mol. The standard InChI is InChI=1S/C13H19N3O3S/c1-9(8-18-2)15-13(20)16-14-7-10-4-5-11(17)12(6-10)19-3/h4-7,9,17H,8H2,1-3H3,(H2,15,16,20)/b14-7+/t9-/m0/s1. The molecule has 3 N–H and O–H groups in total. The van der Waals surface area contributed by atoms with E-state index in [1.165, 1.54) is 13.2 Å². The van der Waals surface area contributed by atoms with Crippen molar-refractivity contribution in [2.45, 2.75) is 13.0 Å². The third-order valence-corrected chi connectivity index (χ3v) is 2.59. The van der Waals surface area contributed by atoms with Crippen LogP contribution in [-0.4, -0.2) is 43.3 Å². The molecule has 0 saturated heterocycles. The summed E-state index contributed by atoms with van der Waals surface area (Å²) < 4.78 is 10.00. The largest absolute Gasteiger partial charge is 0.504 e. The van der Waals surface area contributed by atoms with Gasteiger partial charge in [0.05, 0.1) is 19.9 Å². The highest BCUT2D eigenvalue weighted by atomic mass is 32.1. The Balaban J connectivity index is 2.50. The maximum Gasteiger partial charge on any atom is 0.187 e. The minimum absolute atomic E-state index is 0.0863. The first-order valence-corrected chi connectivity index (χ1v) is 6.43. The molecule has 1 aromatic carbocycles. The maximum absolute atomic E-state index is 9.47. The molecule has 1 aromatic rings. The number of phenolic OH excluding ortho intramolecular Hbond substituents is 1. The van der Waals surface area contributed by atoms with E-state index < -0.39 is 0 Å². The lowest BCUT2D eigenvalue weighted by Crippen LogP contribution is -2.40. The SMILES string of the molecule is COC[C@H](C)NC(=S)N/N=C/c1ccc(O)c(OC)c1. The predicted octanol–water partition coefficient (Wildman–Crippen LogP) is 1.23. The molecule has 20 heavy (non-hydrogen) atoms. The van der Waals surface area contributed by atoms with Crippen molar-refractivity contribution in [3.63, 3.8) is 0 Å². The molecule has 0 aliphatic rings. The zero-order valence-electron chi connectivity index (χ0n) is 11.7. The number of nitrogens with zero attached hydrogens (tertiary/aromatic N) is 1. The summed E-state index contributed by atoms with van der Waals surface area (Å²) >= 11 is 5.07. The van der Waals surface area contributed by atoms with Gasteiger partial charge in [-0.15, -0.1) is 0 Å². The topological polar surface area (TPSA) is 75.1 Å². The van der Waals surface area contributed by atoms with Crippen LogP contribution < -0.4 is 15.5 Å². The summed E-state index contributed by atoms with van der Waals surface area (Å²) in [7, 11) is 3.12. The second-order valence-electron chi connectivity index (χ2n) is 4.13. The van der Waals surface area contributed by atoms with Gasteiger partial charge in [0, 0.05) is 13.2 Å². The highest BCUT2D eigenvalue weighted by Gasteiger charge is 2.02. The van der Waals surface area contributed by atoms with Crippen LogP contribution in [0.5, 0.6) is 11.5 Å². The van der Waals surface area contributed by atoms with Crippen LogP contribution in [0.1, 0.15) is 12.5 Å². The highest BCUT2D eigenvalue weighted by Crippen LogP contribution is 2.25. The Kier molecular flexibility index (Phi) is 6.75. The number of hydrogen-bond donors (Lipinski definition) is 3. The smallest absolute Gasteiger partial charge is 0.187 e. The van der Waals surface area contributed by atoms with E-state index in [1.807, 2.05) is 6.92 Å². The zero-order chi connectivity index (χ0) is 15.0. The molecular weight excluding hydrogens is 278 g/mol. The average Bonchev–Trinajstić information content (AvgIpc) is 2.40. The molecule has 0 aliphatic heterocycles. The number of phenols is 1. The van der Waals surface area contributed by atoms with Gasteiger partial charge in [0.2, 0.25) is 0 Å². The van der Waals surface area contributed by atoms with Crippen LogP contribution in [0.15, 0.2) is 23.3 Å². The highest BCUT2D eigenvalue weighted by molar-refractivity contribution is 7.80. The number of methoxy groups -OCH3 is 2. The number of nitrogens with one attached hydrogen (secondary N) is 2. The molecule has 110 valence electrons. The summed E-state index contributed by atoms with van der Waals surface area (Å²) in [6.45, 7) is 2.51. The third kappa shape index (κ3) is 5.41. The number of rotatable bonds is 6. The van der Waals surface area contributed by atoms with Gasteiger partial charge < -0.3 is 19.9 Å². The summed E-state index contributed by atoms with van der Waals surface area (Å²) in [5, 5.41) is 16.9. The molecule has 0 spiro atoms. The lowest BCUT2D eigenvalue weighted by molar-refractivity contribution is 0.179. The molecule has 0 amide bonds. The van der Waals surface area contributed by atoms with Crippen LogP contribution in [0.25, 0.3) is 0 Å². The first kappa shape index (κ1) is 16.2. The molecule has 0 saturated carbocycles. The van der Waals surface area contributed by atoms with Crippen molar-refractivity contribution in [3.8, 4) is 11.5 Å². The van der Waals surface area contributed by atoms with Crippen molar-refractivity contribution >= 4 is 23.5 Å². The Morgan fingerprint density at radius 1 is 1.50 bits per heavy atom. The van der Waals surface area contributed by atoms with Crippen LogP contribution in [0.4, 0.5) is 0 Å². The van der Waals surface area contributed by atoms with Gasteiger partial charge >= 0.3 is 0 Å². The second kappa shape index (κ2) is 8.34. The van der Waals surface area contributed by atoms with Gasteiger partial charge in [0.25, 0.3) is 0 Å². The fourth-order valence-electron chi connectivity index (χ4n) is 1.49. The monoisotopic (exact) mass is 297 g/mol. The molecule has 0 radical (unpaired) electrons. The molecule has 1 rings (SSSR count). The molecule has 0 unspecified atom stereocenters. The van der Waals surface area contributed by atoms with E-state index in [0.29, 0.717) is 17.5 Å². The van der Waals surface area contributed by atoms with Gasteiger partial charge in [-0.05, 0) is 42.9 Å². The normalized spacial score (nSPS) is 12.2. The van der Waals surface area contributed by atoms with Gasteiger partial charge in [-0.25, -0.2) is 0 Å². The number of hydrazone groups is 1. The number of aromatic hydroxyl groups is 1. The zero-order valence-corrected chi connectivity index (χ0v) is 12.5. The first-order chi connectivity index (χ1) is 9.56. The van der Waals surface area contributed by atoms with Crippen LogP contribution in [-0.2, 0) is 4.74 Å². The minimum atomic E-state index is 0.0863. The molecule has 0 bridgehead atoms. The maximum atomic E-state index is 9.47. The summed E-state index contributed by atoms with van der Waals surface area (Å²) in [6.07, 6.45) is 1.58. The lowest BCUT2D eigenvalue weighted by Gasteiger charge is -2.13. The van der Waals surface area contributed by atoms with Crippen molar-refractivity contribution in [1.29, 1.82) is 0 Å². The van der Waals surface area contributed by atoms with Gasteiger partial charge in [0.1, 0.15) is 0 Å². The Hall–Kier alpha value is -1.86. The van der Waals surface area contributed by atoms with Crippen molar-refractivity contribution in [1.82, 2.24) is 10.7 Å². The summed E-state index contributed by atoms with van der Waals surface area (Å²) in [6, 6.07) is 5.03. The minimum Gasteiger partial charge on any atom is -0.504 e. The van der Waals surface area contributed by atoms with Crippen LogP contribution in [0.3, 0.4) is 0 Å². The van der Waals surface area contributed by atoms with Crippen molar-refractivity contribution in [2.75, 3.05) is 20.8 Å². The Morgan fingerprint density at radius 2 is 2.25 bits per heavy atom. The number of ether oxygens (including phenoxy) is 2. The molecule has 0 fully saturated rings. The van der Waals surface area contributed by atoms with Gasteiger partial charge in [-0.2, -0.15) is 5.10 Å². The van der Waals surface area contributed by atoms with E-state index in [2.05, 4.69) is 15.8 Å². The van der Waals surface area contributed by atoms with Crippen molar-refractivity contribution < 1.29 is 14.6 Å². The molecule has 1 atom stereocenters. The van der Waals surface area contributed by atoms with Crippen LogP contribution in [0, 0.1) is 0 Å². The molecule has 6 nitrogen and oxygen atoms in total. The second-order valence-corrected chi connectivity index (χ2v) is 4.54. The third-order valence-electron chi connectivity index (χ3n) is 2.38. The van der Waals surface area contributed by atoms with Crippen LogP contribution in [0.2, 0.25) is 0 Å². The molecule has 0 heterocycles. The predicted molar refractivity (Wildman–Crippen MR) is 82.5 cm³/mol. The fraction of sp³-hybridized carbons (Fsp3) is 0.385. The Labute approximate surface area is 123 Å². The Morgan fingerprint density at radius 3 is 2.90 bits per heavy atom. The van der Waals surface area contributed by atoms with Gasteiger partial charge in [0.15, 0.2) is 16.6 Å². The van der Waals surface area contributed by atoms with Crippen LogP contribution >= 0.6 is 12.2 Å². The van der Waals surface area contributed by atoms with E-state index in [4.69, 9.17) is 21.7 Å². The number of thiocarbonyl (C=S) groups is 1. The number of hydrogen-bond acceptors (Lipinski definition) is 5. The van der Waals surface area contributed by atoms with E-state index >= 15 is 0 Å². The van der Waals surface area contributed by atoms with Crippen molar-refractivity contribution in [2.24, 2.45) is 5.10 Å². The summed E-state index contributed by atoms with van der Waals surface area (Å²) in [4.78, 5) is 0.